The molecule has 0 spiro atoms. The number of unbranched alkanes of at least 4 members (excludes halogenated alkanes) is 2. The van der Waals surface area contributed by atoms with Crippen molar-refractivity contribution >= 4 is 11.6 Å². The fourth-order valence-corrected chi connectivity index (χ4v) is 4.20. The number of fused-ring (bicyclic) bond motifs is 1. The first kappa shape index (κ1) is 20.2. The Morgan fingerprint density at radius 3 is 2.25 bits per heavy atom. The summed E-state index contributed by atoms with van der Waals surface area (Å²) in [6.07, 6.45) is 5.00. The van der Waals surface area contributed by atoms with Crippen LogP contribution in [0.25, 0.3) is 11.1 Å². The zero-order valence-electron chi connectivity index (χ0n) is 17.7. The van der Waals surface area contributed by atoms with Crippen molar-refractivity contribution < 1.29 is 14.3 Å². The number of aryl methyl sites for hydroxylation is 2. The maximum atomic E-state index is 12.5. The van der Waals surface area contributed by atoms with E-state index in [2.05, 4.69) is 38.1 Å². The van der Waals surface area contributed by atoms with Gasteiger partial charge in [0.25, 0.3) is 0 Å². The Kier molecular flexibility index (Phi) is 6.28. The van der Waals surface area contributed by atoms with E-state index in [9.17, 15) is 4.79 Å². The van der Waals surface area contributed by atoms with Gasteiger partial charge in [0.1, 0.15) is 11.5 Å². The van der Waals surface area contributed by atoms with Crippen molar-refractivity contribution in [2.45, 2.75) is 52.9 Å². The zero-order valence-corrected chi connectivity index (χ0v) is 17.7. The molecule has 1 aliphatic heterocycles. The normalized spacial score (nSPS) is 13.0. The van der Waals surface area contributed by atoms with Gasteiger partial charge in [0.2, 0.25) is 5.91 Å². The van der Waals surface area contributed by atoms with Crippen LogP contribution in [0.5, 0.6) is 11.5 Å². The first-order chi connectivity index (χ1) is 13.5. The van der Waals surface area contributed by atoms with Gasteiger partial charge in [-0.25, -0.2) is 0 Å². The van der Waals surface area contributed by atoms with Crippen LogP contribution in [0.15, 0.2) is 24.3 Å². The maximum absolute atomic E-state index is 12.5. The quantitative estimate of drug-likeness (QED) is 0.581. The molecule has 0 radical (unpaired) electrons. The van der Waals surface area contributed by atoms with Crippen molar-refractivity contribution in [3.63, 3.8) is 0 Å². The summed E-state index contributed by atoms with van der Waals surface area (Å²) in [7, 11) is 3.41. The highest BCUT2D eigenvalue weighted by atomic mass is 16.5. The van der Waals surface area contributed by atoms with Gasteiger partial charge in [-0.3, -0.25) is 4.79 Å². The van der Waals surface area contributed by atoms with Crippen molar-refractivity contribution in [3.05, 3.63) is 41.0 Å². The molecule has 0 aromatic heterocycles. The number of ether oxygens (including phenoxy) is 2. The van der Waals surface area contributed by atoms with Crippen LogP contribution in [-0.2, 0) is 17.6 Å². The molecule has 1 aliphatic rings. The fourth-order valence-electron chi connectivity index (χ4n) is 4.20. The standard InChI is InChI=1S/C24H31NO3/c1-6-8-9-10-17-13-20(27-4)24(21(14-17)28-5)23-16(3)11-12-19-18(23)15-22(26)25(19)7-2/h11-14H,6-10,15H2,1-5H3. The highest BCUT2D eigenvalue weighted by Crippen LogP contribution is 2.47. The summed E-state index contributed by atoms with van der Waals surface area (Å²) in [5.41, 5.74) is 6.44. The average molecular weight is 382 g/mol. The van der Waals surface area contributed by atoms with E-state index in [1.54, 1.807) is 14.2 Å². The fraction of sp³-hybridized carbons (Fsp3) is 0.458. The SMILES string of the molecule is CCCCCc1cc(OC)c(-c2c(C)ccc3c2CC(=O)N3CC)c(OC)c1. The number of anilines is 1. The molecule has 0 fully saturated rings. The summed E-state index contributed by atoms with van der Waals surface area (Å²) in [5.74, 6) is 1.77. The Balaban J connectivity index is 2.16. The van der Waals surface area contributed by atoms with Gasteiger partial charge in [-0.2, -0.15) is 0 Å². The van der Waals surface area contributed by atoms with Gasteiger partial charge in [-0.15, -0.1) is 0 Å². The number of benzene rings is 2. The second-order valence-corrected chi connectivity index (χ2v) is 7.40. The maximum Gasteiger partial charge on any atom is 0.231 e. The van der Waals surface area contributed by atoms with E-state index >= 15 is 0 Å². The zero-order chi connectivity index (χ0) is 20.3. The number of likely N-dealkylation sites (N-methyl/N-ethyl adjacent to an activating group) is 1. The van der Waals surface area contributed by atoms with Crippen LogP contribution in [0.2, 0.25) is 0 Å². The largest absolute Gasteiger partial charge is 0.496 e. The molecule has 0 saturated carbocycles. The molecule has 1 heterocycles. The molecule has 0 bridgehead atoms. The Morgan fingerprint density at radius 2 is 1.68 bits per heavy atom. The van der Waals surface area contributed by atoms with Gasteiger partial charge < -0.3 is 14.4 Å². The number of hydrogen-bond acceptors (Lipinski definition) is 3. The van der Waals surface area contributed by atoms with Gasteiger partial charge in [-0.05, 0) is 67.1 Å². The molecule has 0 unspecified atom stereocenters. The molecule has 28 heavy (non-hydrogen) atoms. The topological polar surface area (TPSA) is 38.8 Å². The summed E-state index contributed by atoms with van der Waals surface area (Å²) in [6.45, 7) is 6.99. The Labute approximate surface area is 168 Å². The van der Waals surface area contributed by atoms with E-state index in [1.165, 1.54) is 18.4 Å². The second-order valence-electron chi connectivity index (χ2n) is 7.40. The van der Waals surface area contributed by atoms with Crippen LogP contribution >= 0.6 is 0 Å². The minimum Gasteiger partial charge on any atom is -0.496 e. The molecular weight excluding hydrogens is 350 g/mol. The summed E-state index contributed by atoms with van der Waals surface area (Å²) < 4.78 is 11.6. The van der Waals surface area contributed by atoms with Crippen LogP contribution in [0, 0.1) is 6.92 Å². The van der Waals surface area contributed by atoms with Crippen molar-refractivity contribution in [1.29, 1.82) is 0 Å². The Bertz CT molecular complexity index is 847. The van der Waals surface area contributed by atoms with Crippen LogP contribution in [-0.4, -0.2) is 26.7 Å². The highest BCUT2D eigenvalue weighted by molar-refractivity contribution is 6.05. The lowest BCUT2D eigenvalue weighted by molar-refractivity contribution is -0.117. The first-order valence-electron chi connectivity index (χ1n) is 10.2. The lowest BCUT2D eigenvalue weighted by atomic mass is 9.90. The predicted octanol–water partition coefficient (Wildman–Crippen LogP) is 5.32. The number of carbonyl (C=O) groups is 1. The number of rotatable bonds is 8. The molecule has 4 heteroatoms. The van der Waals surface area contributed by atoms with E-state index < -0.39 is 0 Å². The lowest BCUT2D eigenvalue weighted by Gasteiger charge is -2.21. The van der Waals surface area contributed by atoms with Crippen LogP contribution in [0.3, 0.4) is 0 Å². The number of methoxy groups -OCH3 is 2. The van der Waals surface area contributed by atoms with Gasteiger partial charge in [-0.1, -0.05) is 25.8 Å². The van der Waals surface area contributed by atoms with E-state index in [-0.39, 0.29) is 5.91 Å². The molecule has 0 saturated heterocycles. The molecule has 150 valence electrons. The summed E-state index contributed by atoms with van der Waals surface area (Å²) in [5, 5.41) is 0. The molecule has 1 amide bonds. The summed E-state index contributed by atoms with van der Waals surface area (Å²) >= 11 is 0. The van der Waals surface area contributed by atoms with Crippen molar-refractivity contribution in [3.8, 4) is 22.6 Å². The van der Waals surface area contributed by atoms with E-state index in [0.29, 0.717) is 13.0 Å². The second kappa shape index (κ2) is 8.68. The van der Waals surface area contributed by atoms with E-state index in [0.717, 1.165) is 52.3 Å². The minimum absolute atomic E-state index is 0.151. The average Bonchev–Trinajstić information content (AvgIpc) is 3.02. The van der Waals surface area contributed by atoms with Crippen LogP contribution < -0.4 is 14.4 Å². The lowest BCUT2D eigenvalue weighted by Crippen LogP contribution is -2.25. The van der Waals surface area contributed by atoms with Crippen LogP contribution in [0.1, 0.15) is 49.8 Å². The van der Waals surface area contributed by atoms with Gasteiger partial charge in [0, 0.05) is 12.2 Å². The highest BCUT2D eigenvalue weighted by Gasteiger charge is 2.31. The van der Waals surface area contributed by atoms with Crippen molar-refractivity contribution in [2.24, 2.45) is 0 Å². The third kappa shape index (κ3) is 3.60. The molecule has 0 atom stereocenters. The third-order valence-corrected chi connectivity index (χ3v) is 5.62. The minimum atomic E-state index is 0.151. The number of nitrogens with zero attached hydrogens (tertiary/aromatic N) is 1. The Hall–Kier alpha value is -2.49. The van der Waals surface area contributed by atoms with Crippen LogP contribution in [0.4, 0.5) is 5.69 Å². The molecular formula is C24H31NO3. The molecule has 4 nitrogen and oxygen atoms in total. The van der Waals surface area contributed by atoms with Crippen molar-refractivity contribution in [1.82, 2.24) is 0 Å². The molecule has 2 aromatic carbocycles. The monoisotopic (exact) mass is 381 g/mol. The summed E-state index contributed by atoms with van der Waals surface area (Å²) in [6, 6.07) is 8.39. The smallest absolute Gasteiger partial charge is 0.231 e. The van der Waals surface area contributed by atoms with Gasteiger partial charge >= 0.3 is 0 Å². The Morgan fingerprint density at radius 1 is 1.00 bits per heavy atom. The van der Waals surface area contributed by atoms with E-state index in [4.69, 9.17) is 9.47 Å². The molecule has 2 aromatic rings. The number of amides is 1. The summed E-state index contributed by atoms with van der Waals surface area (Å²) in [4.78, 5) is 14.4. The number of carbonyl (C=O) groups excluding carboxylic acids is 1. The van der Waals surface area contributed by atoms with Crippen molar-refractivity contribution in [2.75, 3.05) is 25.7 Å². The first-order valence-corrected chi connectivity index (χ1v) is 10.2. The molecule has 0 aliphatic carbocycles. The predicted molar refractivity (Wildman–Crippen MR) is 115 cm³/mol. The third-order valence-electron chi connectivity index (χ3n) is 5.62. The number of hydrogen-bond donors (Lipinski definition) is 0. The van der Waals surface area contributed by atoms with Gasteiger partial charge in [0.05, 0.1) is 26.2 Å². The molecule has 0 N–H and O–H groups in total. The van der Waals surface area contributed by atoms with E-state index in [1.807, 2.05) is 11.8 Å². The van der Waals surface area contributed by atoms with Gasteiger partial charge in [0.15, 0.2) is 0 Å². The molecule has 3 rings (SSSR count).